The fourth-order valence-electron chi connectivity index (χ4n) is 9.22. The molecule has 0 aromatic heterocycles. The van der Waals surface area contributed by atoms with Crippen LogP contribution in [0, 0.1) is 28.6 Å². The van der Waals surface area contributed by atoms with E-state index in [0.29, 0.717) is 32.1 Å². The second kappa shape index (κ2) is 16.9. The first-order valence-corrected chi connectivity index (χ1v) is 16.8. The van der Waals surface area contributed by atoms with E-state index in [-0.39, 0.29) is 80.5 Å². The van der Waals surface area contributed by atoms with Gasteiger partial charge in [0.15, 0.2) is 18.0 Å². The topological polar surface area (TPSA) is 266 Å². The minimum absolute atomic E-state index is 0.0276. The summed E-state index contributed by atoms with van der Waals surface area (Å²) >= 11 is 0. The molecule has 284 valence electrons. The highest BCUT2D eigenvalue weighted by Gasteiger charge is 2.70. The average molecular weight is 720 g/mol. The third-order valence-electron chi connectivity index (χ3n) is 11.4. The molecule has 3 fully saturated rings. The largest absolute Gasteiger partial charge is 0.457 e. The lowest BCUT2D eigenvalue weighted by molar-refractivity contribution is -0.527. The molecule has 4 aliphatic carbocycles. The first kappa shape index (κ1) is 40.3. The number of hydrogen-bond donors (Lipinski definition) is 7. The molecule has 0 spiro atoms. The van der Waals surface area contributed by atoms with E-state index in [2.05, 4.69) is 21.4 Å². The summed E-state index contributed by atoms with van der Waals surface area (Å²) in [5.74, 6) is -2.43. The van der Waals surface area contributed by atoms with Crippen LogP contribution in [0.1, 0.15) is 90.9 Å². The summed E-state index contributed by atoms with van der Waals surface area (Å²) in [6.45, 7) is 2.44. The van der Waals surface area contributed by atoms with Gasteiger partial charge >= 0.3 is 11.9 Å². The Morgan fingerprint density at radius 3 is 2.30 bits per heavy atom. The first-order chi connectivity index (χ1) is 23.5. The van der Waals surface area contributed by atoms with Gasteiger partial charge in [-0.3, -0.25) is 55.3 Å². The maximum atomic E-state index is 14.2. The molecule has 3 saturated carbocycles. The highest BCUT2D eigenvalue weighted by molar-refractivity contribution is 5.93. The molecule has 50 heavy (non-hydrogen) atoms. The maximum absolute atomic E-state index is 14.2. The monoisotopic (exact) mass is 719 g/mol. The van der Waals surface area contributed by atoms with E-state index in [1.165, 1.54) is 0 Å². The van der Waals surface area contributed by atoms with Crippen LogP contribution in [0.3, 0.4) is 0 Å². The van der Waals surface area contributed by atoms with Crippen molar-refractivity contribution >= 4 is 23.5 Å². The number of carbonyl (C=O) groups is 4. The summed E-state index contributed by atoms with van der Waals surface area (Å²) in [6, 6.07) is 0. The van der Waals surface area contributed by atoms with Gasteiger partial charge in [0.25, 0.3) is 0 Å². The lowest BCUT2D eigenvalue weighted by Crippen LogP contribution is -2.63. The van der Waals surface area contributed by atoms with Gasteiger partial charge in [0.1, 0.15) is 12.7 Å². The lowest BCUT2D eigenvalue weighted by Gasteiger charge is -2.60. The number of nitrogens with zero attached hydrogens (tertiary/aromatic N) is 3. The standard InChI is InChI=1S/C31H49N3O16/c1-29-12-10-20(35)15-19(29)8-9-22-23-11-13-31(30(23,2)16-24(36)28(22)29,49-27(39)7-4-14-47-32(40)41)25(37)18-46-26(38)6-3-5-21(50-34(44)45)17-48-33(42)43/h15,21-24,28,36,40-45H,3-14,16-18H2,1-2H3/t21?,22?,23?,24-,28+,29-,30-,31-/m0/s1. The molecule has 0 heterocycles. The minimum atomic E-state index is -1.75. The normalized spacial score (nSPS) is 32.7. The third-order valence-corrected chi connectivity index (χ3v) is 11.4. The van der Waals surface area contributed by atoms with Crippen LogP contribution in [0.25, 0.3) is 0 Å². The Balaban J connectivity index is 1.49. The number of rotatable bonds is 18. The van der Waals surface area contributed by atoms with Crippen molar-refractivity contribution in [3.8, 4) is 0 Å². The molecule has 19 heteroatoms. The molecule has 8 atom stereocenters. The van der Waals surface area contributed by atoms with Gasteiger partial charge in [-0.15, -0.1) is 0 Å². The van der Waals surface area contributed by atoms with Crippen molar-refractivity contribution < 1.29 is 79.5 Å². The fourth-order valence-corrected chi connectivity index (χ4v) is 9.22. The molecule has 7 N–H and O–H groups in total. The van der Waals surface area contributed by atoms with Crippen LogP contribution in [-0.4, -0.2) is 114 Å². The quantitative estimate of drug-likeness (QED) is 0.0608. The molecule has 19 nitrogen and oxygen atoms in total. The van der Waals surface area contributed by atoms with Crippen LogP contribution in [-0.2, 0) is 43.2 Å². The van der Waals surface area contributed by atoms with Crippen LogP contribution in [0.15, 0.2) is 11.6 Å². The van der Waals surface area contributed by atoms with Crippen LogP contribution >= 0.6 is 0 Å². The zero-order valence-corrected chi connectivity index (χ0v) is 28.2. The molecule has 0 aliphatic heterocycles. The van der Waals surface area contributed by atoms with E-state index in [4.69, 9.17) is 40.7 Å². The number of esters is 2. The van der Waals surface area contributed by atoms with E-state index in [0.717, 1.165) is 5.57 Å². The van der Waals surface area contributed by atoms with Gasteiger partial charge in [-0.1, -0.05) is 19.4 Å². The molecule has 3 unspecified atom stereocenters. The van der Waals surface area contributed by atoms with Crippen LogP contribution < -0.4 is 0 Å². The number of aliphatic hydroxyl groups excluding tert-OH is 1. The van der Waals surface area contributed by atoms with Gasteiger partial charge in [-0.2, -0.15) is 0 Å². The van der Waals surface area contributed by atoms with E-state index < -0.39 is 70.3 Å². The van der Waals surface area contributed by atoms with E-state index in [1.807, 2.05) is 6.92 Å². The molecule has 0 saturated heterocycles. The smallest absolute Gasteiger partial charge is 0.306 e. The SMILES string of the molecule is C[C@]12CCC(=O)C=C1CCC1C3CC[C@](OC(=O)CCCON(O)O)(C(=O)COC(=O)CCCC(CON(O)O)ON(O)O)[C@@]3(C)C[C@H](O)[C@@H]12. The van der Waals surface area contributed by atoms with Gasteiger partial charge in [0.05, 0.1) is 28.9 Å². The zero-order chi connectivity index (χ0) is 36.9. The van der Waals surface area contributed by atoms with Crippen molar-refractivity contribution in [1.29, 1.82) is 0 Å². The number of ether oxygens (including phenoxy) is 2. The molecule has 4 aliphatic rings. The molecule has 0 radical (unpaired) electrons. The van der Waals surface area contributed by atoms with Gasteiger partial charge in [-0.25, -0.2) is 9.68 Å². The number of allylic oxidation sites excluding steroid dienone is 1. The molecular formula is C31H49N3O16. The predicted octanol–water partition coefficient (Wildman–Crippen LogP) is 2.24. The van der Waals surface area contributed by atoms with Gasteiger partial charge < -0.3 is 14.6 Å². The summed E-state index contributed by atoms with van der Waals surface area (Å²) in [5, 5.41) is 63.0. The maximum Gasteiger partial charge on any atom is 0.306 e. The Bertz CT molecular complexity index is 1260. The Morgan fingerprint density at radius 2 is 1.62 bits per heavy atom. The minimum Gasteiger partial charge on any atom is -0.457 e. The summed E-state index contributed by atoms with van der Waals surface area (Å²) in [7, 11) is 0. The molecule has 0 aromatic rings. The van der Waals surface area contributed by atoms with Crippen molar-refractivity contribution in [2.75, 3.05) is 19.8 Å². The molecule has 0 bridgehead atoms. The van der Waals surface area contributed by atoms with E-state index >= 15 is 0 Å². The summed E-state index contributed by atoms with van der Waals surface area (Å²) in [6.07, 6.45) is 2.45. The second-order valence-corrected chi connectivity index (χ2v) is 14.1. The van der Waals surface area contributed by atoms with E-state index in [9.17, 15) is 24.3 Å². The summed E-state index contributed by atoms with van der Waals surface area (Å²) in [4.78, 5) is 66.0. The fraction of sp³-hybridized carbons (Fsp3) is 0.806. The number of aliphatic hydroxyl groups is 1. The molecular weight excluding hydrogens is 670 g/mol. The van der Waals surface area contributed by atoms with E-state index in [1.54, 1.807) is 6.08 Å². The summed E-state index contributed by atoms with van der Waals surface area (Å²) < 4.78 is 11.4. The predicted molar refractivity (Wildman–Crippen MR) is 159 cm³/mol. The van der Waals surface area contributed by atoms with Gasteiger partial charge in [0.2, 0.25) is 5.78 Å². The van der Waals surface area contributed by atoms with Crippen molar-refractivity contribution in [3.05, 3.63) is 11.6 Å². The van der Waals surface area contributed by atoms with Crippen LogP contribution in [0.5, 0.6) is 0 Å². The van der Waals surface area contributed by atoms with Gasteiger partial charge in [-0.05, 0) is 87.0 Å². The van der Waals surface area contributed by atoms with Crippen molar-refractivity contribution in [1.82, 2.24) is 16.2 Å². The number of hydrogen-bond acceptors (Lipinski definition) is 19. The number of carbonyl (C=O) groups excluding carboxylic acids is 4. The van der Waals surface area contributed by atoms with Gasteiger partial charge in [0, 0.05) is 24.7 Å². The zero-order valence-electron chi connectivity index (χ0n) is 28.2. The van der Waals surface area contributed by atoms with Crippen molar-refractivity contribution in [2.24, 2.45) is 28.6 Å². The Kier molecular flexibility index (Phi) is 13.6. The molecule has 0 aromatic carbocycles. The molecule has 0 amide bonds. The lowest BCUT2D eigenvalue weighted by atomic mass is 9.45. The average Bonchev–Trinajstić information content (AvgIpc) is 3.32. The first-order valence-electron chi connectivity index (χ1n) is 16.8. The van der Waals surface area contributed by atoms with Crippen LogP contribution in [0.4, 0.5) is 0 Å². The number of ketones is 2. The van der Waals surface area contributed by atoms with Crippen molar-refractivity contribution in [3.63, 3.8) is 0 Å². The second-order valence-electron chi connectivity index (χ2n) is 14.1. The molecule has 4 rings (SSSR count). The summed E-state index contributed by atoms with van der Waals surface area (Å²) in [5.41, 5.74) is -2.12. The van der Waals surface area contributed by atoms with Crippen molar-refractivity contribution in [2.45, 2.75) is 109 Å². The van der Waals surface area contributed by atoms with Crippen LogP contribution in [0.2, 0.25) is 0 Å². The third kappa shape index (κ3) is 8.92. The number of Topliss-reactive ketones (excluding diaryl/α,β-unsaturated/α-hetero) is 1. The Morgan fingerprint density at radius 1 is 0.920 bits per heavy atom. The Labute approximate surface area is 288 Å². The highest BCUT2D eigenvalue weighted by atomic mass is 17.1. The highest BCUT2D eigenvalue weighted by Crippen LogP contribution is 2.68. The number of fused-ring (bicyclic) bond motifs is 5. The Hall–Kier alpha value is -2.50.